The average Bonchev–Trinajstić information content (AvgIpc) is 2.83. The van der Waals surface area contributed by atoms with Crippen molar-refractivity contribution in [3.63, 3.8) is 0 Å². The molecule has 0 atom stereocenters. The van der Waals surface area contributed by atoms with Crippen molar-refractivity contribution in [2.45, 2.75) is 26.7 Å². The smallest absolute Gasteiger partial charge is 0.404 e. The van der Waals surface area contributed by atoms with Gasteiger partial charge in [-0.15, -0.1) is 0 Å². The van der Waals surface area contributed by atoms with E-state index in [9.17, 15) is 14.2 Å². The normalized spacial score (nSPS) is 23.1. The van der Waals surface area contributed by atoms with Gasteiger partial charge in [0.25, 0.3) is 0 Å². The van der Waals surface area contributed by atoms with Gasteiger partial charge in [0.15, 0.2) is 0 Å². The molecule has 0 unspecified atom stereocenters. The van der Waals surface area contributed by atoms with Crippen LogP contribution in [-0.2, 0) is 23.2 Å². The van der Waals surface area contributed by atoms with E-state index in [-0.39, 0.29) is 49.0 Å². The second-order valence-corrected chi connectivity index (χ2v) is 7.96. The van der Waals surface area contributed by atoms with Gasteiger partial charge in [-0.05, 0) is 24.3 Å². The van der Waals surface area contributed by atoms with Crippen LogP contribution >= 0.6 is 7.82 Å². The van der Waals surface area contributed by atoms with Crippen LogP contribution in [0.3, 0.4) is 0 Å². The molecule has 8 heteroatoms. The third-order valence-electron chi connectivity index (χ3n) is 3.59. The number of carbonyl (C=O) groups excluding carboxylic acids is 2. The Bertz CT molecular complexity index is 654. The van der Waals surface area contributed by atoms with Gasteiger partial charge in [0.05, 0.1) is 18.9 Å². The number of imide groups is 1. The van der Waals surface area contributed by atoms with E-state index in [0.717, 1.165) is 4.90 Å². The molecule has 1 aromatic carbocycles. The molecule has 0 bridgehead atoms. The van der Waals surface area contributed by atoms with Crippen LogP contribution in [0, 0.1) is 5.41 Å². The highest BCUT2D eigenvalue weighted by atomic mass is 31.2. The first kappa shape index (κ1) is 16.2. The van der Waals surface area contributed by atoms with Gasteiger partial charge in [0, 0.05) is 18.3 Å². The second-order valence-electron chi connectivity index (χ2n) is 6.37. The largest absolute Gasteiger partial charge is 0.530 e. The van der Waals surface area contributed by atoms with E-state index in [2.05, 4.69) is 0 Å². The fourth-order valence-electron chi connectivity index (χ4n) is 2.29. The molecule has 0 radical (unpaired) electrons. The summed E-state index contributed by atoms with van der Waals surface area (Å²) in [4.78, 5) is 24.5. The van der Waals surface area contributed by atoms with Crippen LogP contribution in [0.4, 0.5) is 5.69 Å². The first-order chi connectivity index (χ1) is 10.8. The molecule has 23 heavy (non-hydrogen) atoms. The Labute approximate surface area is 134 Å². The first-order valence-electron chi connectivity index (χ1n) is 7.33. The Hall–Kier alpha value is -1.69. The topological polar surface area (TPSA) is 82.1 Å². The van der Waals surface area contributed by atoms with Gasteiger partial charge in [-0.2, -0.15) is 0 Å². The maximum atomic E-state index is 12.4. The zero-order valence-electron chi connectivity index (χ0n) is 13.0. The molecule has 0 spiro atoms. The lowest BCUT2D eigenvalue weighted by Crippen LogP contribution is -2.30. The number of rotatable bonds is 3. The lowest BCUT2D eigenvalue weighted by Gasteiger charge is -2.32. The highest BCUT2D eigenvalue weighted by Crippen LogP contribution is 2.54. The summed E-state index contributed by atoms with van der Waals surface area (Å²) < 4.78 is 28.2. The third-order valence-corrected chi connectivity index (χ3v) is 4.92. The predicted molar refractivity (Wildman–Crippen MR) is 82.1 cm³/mol. The van der Waals surface area contributed by atoms with Crippen LogP contribution in [0.2, 0.25) is 0 Å². The van der Waals surface area contributed by atoms with Crippen LogP contribution < -0.4 is 9.42 Å². The van der Waals surface area contributed by atoms with E-state index < -0.39 is 7.82 Å². The molecular formula is C15H18NO6P. The molecule has 2 saturated heterocycles. The number of benzene rings is 1. The van der Waals surface area contributed by atoms with E-state index in [4.69, 9.17) is 13.6 Å². The zero-order chi connectivity index (χ0) is 16.7. The fraction of sp³-hybridized carbons (Fsp3) is 0.467. The lowest BCUT2D eigenvalue weighted by atomic mass is 9.97. The Morgan fingerprint density at radius 2 is 1.57 bits per heavy atom. The van der Waals surface area contributed by atoms with E-state index in [0.29, 0.717) is 5.69 Å². The van der Waals surface area contributed by atoms with E-state index in [1.165, 1.54) is 12.1 Å². The van der Waals surface area contributed by atoms with Crippen LogP contribution in [0.1, 0.15) is 26.7 Å². The number of hydrogen-bond donors (Lipinski definition) is 0. The van der Waals surface area contributed by atoms with Gasteiger partial charge in [0.2, 0.25) is 11.8 Å². The summed E-state index contributed by atoms with van der Waals surface area (Å²) in [6.45, 7) is 4.43. The highest BCUT2D eigenvalue weighted by molar-refractivity contribution is 7.49. The number of anilines is 1. The van der Waals surface area contributed by atoms with Crippen molar-refractivity contribution in [1.82, 2.24) is 0 Å². The summed E-state index contributed by atoms with van der Waals surface area (Å²) in [5.74, 6) is -0.161. The standard InChI is InChI=1S/C15H18NO6P/c1-15(2)9-20-23(19,21-10-15)22-12-5-3-11(4-6-12)16-13(17)7-8-14(16)18/h3-6H,7-10H2,1-2H3. The number of amides is 2. The Balaban J connectivity index is 1.70. The Kier molecular flexibility index (Phi) is 4.04. The predicted octanol–water partition coefficient (Wildman–Crippen LogP) is 2.90. The second kappa shape index (κ2) is 5.74. The number of phosphoric acid groups is 1. The number of nitrogens with zero attached hydrogens (tertiary/aromatic N) is 1. The maximum Gasteiger partial charge on any atom is 0.530 e. The maximum absolute atomic E-state index is 12.4. The fourth-order valence-corrected chi connectivity index (χ4v) is 3.86. The average molecular weight is 339 g/mol. The SMILES string of the molecule is CC1(C)COP(=O)(Oc2ccc(N3C(=O)CCC3=O)cc2)OC1. The summed E-state index contributed by atoms with van der Waals surface area (Å²) in [6.07, 6.45) is 0.452. The quantitative estimate of drug-likeness (QED) is 0.622. The molecule has 2 aliphatic heterocycles. The van der Waals surface area contributed by atoms with Gasteiger partial charge in [-0.3, -0.25) is 23.5 Å². The molecule has 7 nitrogen and oxygen atoms in total. The van der Waals surface area contributed by atoms with Gasteiger partial charge < -0.3 is 4.52 Å². The molecule has 124 valence electrons. The Morgan fingerprint density at radius 1 is 1.04 bits per heavy atom. The van der Waals surface area contributed by atoms with E-state index >= 15 is 0 Å². The zero-order valence-corrected chi connectivity index (χ0v) is 13.9. The van der Waals surface area contributed by atoms with Crippen molar-refractivity contribution < 1.29 is 27.7 Å². The van der Waals surface area contributed by atoms with Crippen molar-refractivity contribution in [2.24, 2.45) is 5.41 Å². The summed E-state index contributed by atoms with van der Waals surface area (Å²) in [5.41, 5.74) is 0.257. The minimum absolute atomic E-state index is 0.211. The number of phosphoric ester groups is 1. The van der Waals surface area contributed by atoms with Gasteiger partial charge >= 0.3 is 7.82 Å². The van der Waals surface area contributed by atoms with Crippen LogP contribution in [0.5, 0.6) is 5.75 Å². The molecule has 2 heterocycles. The van der Waals surface area contributed by atoms with Crippen LogP contribution in [0.25, 0.3) is 0 Å². The lowest BCUT2D eigenvalue weighted by molar-refractivity contribution is -0.121. The highest BCUT2D eigenvalue weighted by Gasteiger charge is 2.39. The van der Waals surface area contributed by atoms with E-state index in [1.54, 1.807) is 12.1 Å². The van der Waals surface area contributed by atoms with Gasteiger partial charge in [-0.25, -0.2) is 4.57 Å². The Morgan fingerprint density at radius 3 is 2.09 bits per heavy atom. The molecular weight excluding hydrogens is 321 g/mol. The molecule has 2 fully saturated rings. The third kappa shape index (κ3) is 3.47. The molecule has 0 aliphatic carbocycles. The van der Waals surface area contributed by atoms with Crippen LogP contribution in [0.15, 0.2) is 24.3 Å². The molecule has 0 aromatic heterocycles. The molecule has 1 aromatic rings. The van der Waals surface area contributed by atoms with Crippen LogP contribution in [-0.4, -0.2) is 25.0 Å². The van der Waals surface area contributed by atoms with Crippen molar-refractivity contribution in [3.05, 3.63) is 24.3 Å². The number of hydrogen-bond acceptors (Lipinski definition) is 6. The molecule has 2 amide bonds. The summed E-state index contributed by atoms with van der Waals surface area (Å²) in [6, 6.07) is 6.19. The van der Waals surface area contributed by atoms with Crippen molar-refractivity contribution >= 4 is 25.3 Å². The summed E-state index contributed by atoms with van der Waals surface area (Å²) >= 11 is 0. The first-order valence-corrected chi connectivity index (χ1v) is 8.79. The number of carbonyl (C=O) groups is 2. The van der Waals surface area contributed by atoms with Crippen molar-refractivity contribution in [2.75, 3.05) is 18.1 Å². The van der Waals surface area contributed by atoms with Gasteiger partial charge in [-0.1, -0.05) is 13.8 Å². The summed E-state index contributed by atoms with van der Waals surface area (Å²) in [7, 11) is -3.63. The minimum atomic E-state index is -3.63. The molecule has 0 N–H and O–H groups in total. The minimum Gasteiger partial charge on any atom is -0.404 e. The van der Waals surface area contributed by atoms with Crippen molar-refractivity contribution in [1.29, 1.82) is 0 Å². The van der Waals surface area contributed by atoms with Gasteiger partial charge in [0.1, 0.15) is 5.75 Å². The van der Waals surface area contributed by atoms with E-state index in [1.807, 2.05) is 13.8 Å². The molecule has 0 saturated carbocycles. The summed E-state index contributed by atoms with van der Waals surface area (Å²) in [5, 5.41) is 0. The monoisotopic (exact) mass is 339 g/mol. The van der Waals surface area contributed by atoms with Crippen molar-refractivity contribution in [3.8, 4) is 5.75 Å². The molecule has 3 rings (SSSR count). The molecule has 2 aliphatic rings.